The van der Waals surface area contributed by atoms with Gasteiger partial charge in [0.1, 0.15) is 0 Å². The van der Waals surface area contributed by atoms with Crippen molar-refractivity contribution in [1.82, 2.24) is 4.98 Å². The van der Waals surface area contributed by atoms with Crippen LogP contribution in [-0.2, 0) is 0 Å². The smallest absolute Gasteiger partial charge is 0.217 e. The minimum atomic E-state index is -0.431. The van der Waals surface area contributed by atoms with Crippen molar-refractivity contribution in [3.63, 3.8) is 0 Å². The molecule has 78 valence electrons. The Morgan fingerprint density at radius 1 is 1.57 bits per heavy atom. The fourth-order valence-electron chi connectivity index (χ4n) is 1.41. The molecule has 1 heterocycles. The van der Waals surface area contributed by atoms with Crippen LogP contribution < -0.4 is 5.73 Å². The molecule has 2 N–H and O–H groups in total. The topological polar surface area (TPSA) is 38.9 Å². The number of aryl methyl sites for hydroxylation is 1. The zero-order chi connectivity index (χ0) is 10.6. The van der Waals surface area contributed by atoms with Crippen molar-refractivity contribution < 1.29 is 4.39 Å². The summed E-state index contributed by atoms with van der Waals surface area (Å²) in [4.78, 5) is 3.66. The van der Waals surface area contributed by atoms with Crippen LogP contribution in [0.25, 0.3) is 0 Å². The van der Waals surface area contributed by atoms with Crippen LogP contribution in [0.5, 0.6) is 0 Å². The van der Waals surface area contributed by atoms with Gasteiger partial charge in [-0.25, -0.2) is 4.98 Å². The first-order chi connectivity index (χ1) is 6.65. The third-order valence-corrected chi connectivity index (χ3v) is 2.27. The van der Waals surface area contributed by atoms with Gasteiger partial charge in [-0.2, -0.15) is 4.39 Å². The van der Waals surface area contributed by atoms with Crippen LogP contribution in [0.2, 0.25) is 0 Å². The molecule has 0 saturated carbocycles. The number of halogens is 1. The number of aromatic nitrogens is 1. The van der Waals surface area contributed by atoms with Gasteiger partial charge < -0.3 is 5.73 Å². The molecule has 0 saturated heterocycles. The summed E-state index contributed by atoms with van der Waals surface area (Å²) < 4.78 is 13.3. The third-order valence-electron chi connectivity index (χ3n) is 2.27. The fourth-order valence-corrected chi connectivity index (χ4v) is 1.41. The molecular formula is C11H17FN2. The Kier molecular flexibility index (Phi) is 4.01. The standard InChI is InChI=1S/C11H17FN2/c1-3-4-5-10(13)9-6-8(2)7-14-11(9)12/h6-7,10H,3-5,13H2,1-2H3/t10-/m1/s1. The molecule has 0 fully saturated rings. The van der Waals surface area contributed by atoms with E-state index in [0.717, 1.165) is 24.8 Å². The summed E-state index contributed by atoms with van der Waals surface area (Å²) in [7, 11) is 0. The summed E-state index contributed by atoms with van der Waals surface area (Å²) in [6.07, 6.45) is 4.44. The Balaban J connectivity index is 2.77. The van der Waals surface area contributed by atoms with Crippen molar-refractivity contribution in [2.45, 2.75) is 39.2 Å². The van der Waals surface area contributed by atoms with Gasteiger partial charge in [-0.1, -0.05) is 19.8 Å². The van der Waals surface area contributed by atoms with Crippen LogP contribution in [0.4, 0.5) is 4.39 Å². The maximum Gasteiger partial charge on any atom is 0.217 e. The van der Waals surface area contributed by atoms with E-state index in [0.29, 0.717) is 5.56 Å². The number of nitrogens with zero attached hydrogens (tertiary/aromatic N) is 1. The van der Waals surface area contributed by atoms with Crippen LogP contribution >= 0.6 is 0 Å². The largest absolute Gasteiger partial charge is 0.324 e. The molecule has 0 spiro atoms. The molecule has 0 aromatic carbocycles. The molecule has 1 aromatic heterocycles. The maximum absolute atomic E-state index is 13.3. The molecule has 0 radical (unpaired) electrons. The van der Waals surface area contributed by atoms with Crippen LogP contribution in [0, 0.1) is 12.9 Å². The van der Waals surface area contributed by atoms with Crippen LogP contribution in [0.3, 0.4) is 0 Å². The molecule has 0 aliphatic carbocycles. The Morgan fingerprint density at radius 3 is 2.93 bits per heavy atom. The van der Waals surface area contributed by atoms with E-state index in [4.69, 9.17) is 5.73 Å². The van der Waals surface area contributed by atoms with E-state index in [1.807, 2.05) is 6.92 Å². The van der Waals surface area contributed by atoms with Gasteiger partial charge in [0.15, 0.2) is 0 Å². The molecule has 0 aliphatic heterocycles. The van der Waals surface area contributed by atoms with Crippen molar-refractivity contribution in [3.05, 3.63) is 29.3 Å². The van der Waals surface area contributed by atoms with Gasteiger partial charge in [-0.15, -0.1) is 0 Å². The first-order valence-electron chi connectivity index (χ1n) is 5.02. The van der Waals surface area contributed by atoms with E-state index in [2.05, 4.69) is 11.9 Å². The number of hydrogen-bond donors (Lipinski definition) is 1. The quantitative estimate of drug-likeness (QED) is 0.752. The molecule has 1 rings (SSSR count). The molecular weight excluding hydrogens is 179 g/mol. The Labute approximate surface area is 84.3 Å². The molecule has 1 aromatic rings. The van der Waals surface area contributed by atoms with Crippen LogP contribution in [-0.4, -0.2) is 4.98 Å². The van der Waals surface area contributed by atoms with Gasteiger partial charge in [0.2, 0.25) is 5.95 Å². The highest BCUT2D eigenvalue weighted by Crippen LogP contribution is 2.19. The van der Waals surface area contributed by atoms with Crippen LogP contribution in [0.1, 0.15) is 43.4 Å². The highest BCUT2D eigenvalue weighted by atomic mass is 19.1. The van der Waals surface area contributed by atoms with E-state index >= 15 is 0 Å². The molecule has 0 bridgehead atoms. The summed E-state index contributed by atoms with van der Waals surface area (Å²) in [5, 5.41) is 0. The lowest BCUT2D eigenvalue weighted by molar-refractivity contribution is 0.521. The minimum Gasteiger partial charge on any atom is -0.324 e. The van der Waals surface area contributed by atoms with Crippen molar-refractivity contribution in [3.8, 4) is 0 Å². The highest BCUT2D eigenvalue weighted by Gasteiger charge is 2.11. The Morgan fingerprint density at radius 2 is 2.29 bits per heavy atom. The second-order valence-electron chi connectivity index (χ2n) is 3.64. The average Bonchev–Trinajstić information content (AvgIpc) is 2.18. The minimum absolute atomic E-state index is 0.220. The van der Waals surface area contributed by atoms with Crippen LogP contribution in [0.15, 0.2) is 12.3 Å². The summed E-state index contributed by atoms with van der Waals surface area (Å²) >= 11 is 0. The zero-order valence-corrected chi connectivity index (χ0v) is 8.76. The lowest BCUT2D eigenvalue weighted by atomic mass is 10.0. The maximum atomic E-state index is 13.3. The molecule has 3 heteroatoms. The van der Waals surface area contributed by atoms with Crippen molar-refractivity contribution in [2.24, 2.45) is 5.73 Å². The molecule has 14 heavy (non-hydrogen) atoms. The molecule has 1 atom stereocenters. The van der Waals surface area contributed by atoms with Gasteiger partial charge in [0.05, 0.1) is 0 Å². The summed E-state index contributed by atoms with van der Waals surface area (Å²) in [5.74, 6) is -0.431. The SMILES string of the molecule is CCCC[C@@H](N)c1cc(C)cnc1F. The normalized spacial score (nSPS) is 12.9. The summed E-state index contributed by atoms with van der Waals surface area (Å²) in [6.45, 7) is 3.99. The second kappa shape index (κ2) is 5.05. The Bertz CT molecular complexity index is 299. The van der Waals surface area contributed by atoms with E-state index in [9.17, 15) is 4.39 Å². The second-order valence-corrected chi connectivity index (χ2v) is 3.64. The first-order valence-corrected chi connectivity index (χ1v) is 5.02. The van der Waals surface area contributed by atoms with E-state index in [-0.39, 0.29) is 6.04 Å². The van der Waals surface area contributed by atoms with E-state index < -0.39 is 5.95 Å². The monoisotopic (exact) mass is 196 g/mol. The van der Waals surface area contributed by atoms with Crippen molar-refractivity contribution in [2.75, 3.05) is 0 Å². The van der Waals surface area contributed by atoms with E-state index in [1.165, 1.54) is 6.20 Å². The van der Waals surface area contributed by atoms with Crippen molar-refractivity contribution in [1.29, 1.82) is 0 Å². The lowest BCUT2D eigenvalue weighted by Crippen LogP contribution is -2.13. The number of pyridine rings is 1. The average molecular weight is 196 g/mol. The van der Waals surface area contributed by atoms with Gasteiger partial charge in [-0.3, -0.25) is 0 Å². The third kappa shape index (κ3) is 2.77. The zero-order valence-electron chi connectivity index (χ0n) is 8.76. The fraction of sp³-hybridized carbons (Fsp3) is 0.545. The highest BCUT2D eigenvalue weighted by molar-refractivity contribution is 5.21. The summed E-state index contributed by atoms with van der Waals surface area (Å²) in [6, 6.07) is 1.56. The Hall–Kier alpha value is -0.960. The number of nitrogens with two attached hydrogens (primary N) is 1. The molecule has 0 unspecified atom stereocenters. The lowest BCUT2D eigenvalue weighted by Gasteiger charge is -2.12. The molecule has 2 nitrogen and oxygen atoms in total. The predicted molar refractivity (Wildman–Crippen MR) is 55.4 cm³/mol. The number of unbranched alkanes of at least 4 members (excludes halogenated alkanes) is 1. The van der Waals surface area contributed by atoms with E-state index in [1.54, 1.807) is 6.07 Å². The summed E-state index contributed by atoms with van der Waals surface area (Å²) in [5.41, 5.74) is 7.36. The van der Waals surface area contributed by atoms with Gasteiger partial charge in [0.25, 0.3) is 0 Å². The first kappa shape index (κ1) is 11.1. The van der Waals surface area contributed by atoms with Crippen molar-refractivity contribution >= 4 is 0 Å². The van der Waals surface area contributed by atoms with Gasteiger partial charge in [0, 0.05) is 17.8 Å². The van der Waals surface area contributed by atoms with Gasteiger partial charge >= 0.3 is 0 Å². The molecule has 0 aliphatic rings. The molecule has 0 amide bonds. The number of rotatable bonds is 4. The number of hydrogen-bond acceptors (Lipinski definition) is 2. The van der Waals surface area contributed by atoms with Gasteiger partial charge in [-0.05, 0) is 25.0 Å². The predicted octanol–water partition coefficient (Wildman–Crippen LogP) is 2.72.